The van der Waals surface area contributed by atoms with Crippen LogP contribution in [0.1, 0.15) is 40.0 Å². The van der Waals surface area contributed by atoms with Gasteiger partial charge in [0.1, 0.15) is 5.82 Å². The molecule has 120 valence electrons. The Morgan fingerprint density at radius 1 is 1.36 bits per heavy atom. The number of halogens is 1. The maximum Gasteiger partial charge on any atom is 0.183 e. The van der Waals surface area contributed by atoms with E-state index in [1.54, 1.807) is 6.07 Å². The number of nitrogens with one attached hydrogen (secondary N) is 1. The van der Waals surface area contributed by atoms with Crippen molar-refractivity contribution < 1.29 is 9.50 Å². The van der Waals surface area contributed by atoms with E-state index in [9.17, 15) is 9.50 Å². The van der Waals surface area contributed by atoms with Crippen LogP contribution in [-0.4, -0.2) is 22.7 Å². The van der Waals surface area contributed by atoms with Gasteiger partial charge in [-0.25, -0.2) is 9.37 Å². The van der Waals surface area contributed by atoms with Gasteiger partial charge in [-0.1, -0.05) is 32.1 Å². The van der Waals surface area contributed by atoms with Crippen LogP contribution in [0.2, 0.25) is 0 Å². The third-order valence-electron chi connectivity index (χ3n) is 4.44. The summed E-state index contributed by atoms with van der Waals surface area (Å²) in [6.07, 6.45) is 2.51. The molecule has 0 radical (unpaired) electrons. The lowest BCUT2D eigenvalue weighted by atomic mass is 9.63. The number of hydrogen-bond donors (Lipinski definition) is 2. The first-order chi connectivity index (χ1) is 10.2. The Morgan fingerprint density at radius 2 is 2.14 bits per heavy atom. The van der Waals surface area contributed by atoms with Gasteiger partial charge in [-0.05, 0) is 48.3 Å². The maximum absolute atomic E-state index is 13.2. The number of thiazole rings is 1. The molecule has 5 heteroatoms. The first-order valence-corrected chi connectivity index (χ1v) is 8.54. The van der Waals surface area contributed by atoms with Gasteiger partial charge in [0.25, 0.3) is 0 Å². The van der Waals surface area contributed by atoms with Crippen LogP contribution in [-0.2, 0) is 0 Å². The molecule has 1 aromatic heterocycles. The fourth-order valence-corrected chi connectivity index (χ4v) is 4.86. The summed E-state index contributed by atoms with van der Waals surface area (Å²) in [7, 11) is 0. The predicted molar refractivity (Wildman–Crippen MR) is 89.8 cm³/mol. The Hall–Kier alpha value is -1.20. The lowest BCUT2D eigenvalue weighted by Crippen LogP contribution is -2.42. The van der Waals surface area contributed by atoms with Crippen LogP contribution in [0.5, 0.6) is 0 Å². The maximum atomic E-state index is 13.2. The van der Waals surface area contributed by atoms with Gasteiger partial charge in [-0.15, -0.1) is 0 Å². The molecule has 1 heterocycles. The molecule has 2 N–H and O–H groups in total. The molecule has 0 aliphatic heterocycles. The number of aliphatic hydroxyl groups excluding tert-OH is 1. The van der Waals surface area contributed by atoms with Crippen molar-refractivity contribution in [3.05, 3.63) is 24.0 Å². The first kappa shape index (κ1) is 15.7. The Labute approximate surface area is 134 Å². The molecule has 1 saturated carbocycles. The van der Waals surface area contributed by atoms with Gasteiger partial charge in [0.05, 0.1) is 16.3 Å². The van der Waals surface area contributed by atoms with Gasteiger partial charge in [-0.3, -0.25) is 0 Å². The van der Waals surface area contributed by atoms with E-state index >= 15 is 0 Å². The number of aromatic nitrogens is 1. The zero-order chi connectivity index (χ0) is 16.0. The van der Waals surface area contributed by atoms with Crippen LogP contribution in [0.4, 0.5) is 9.52 Å². The molecule has 2 aromatic rings. The van der Waals surface area contributed by atoms with Crippen LogP contribution in [0.25, 0.3) is 10.2 Å². The third kappa shape index (κ3) is 3.41. The van der Waals surface area contributed by atoms with E-state index in [1.165, 1.54) is 23.5 Å². The number of rotatable bonds is 3. The molecule has 2 unspecified atom stereocenters. The van der Waals surface area contributed by atoms with Crippen molar-refractivity contribution in [1.29, 1.82) is 0 Å². The summed E-state index contributed by atoms with van der Waals surface area (Å²) in [6.45, 7) is 7.43. The smallest absolute Gasteiger partial charge is 0.183 e. The van der Waals surface area contributed by atoms with Crippen molar-refractivity contribution in [2.45, 2.75) is 46.1 Å². The molecule has 3 nitrogen and oxygen atoms in total. The molecule has 0 spiro atoms. The topological polar surface area (TPSA) is 45.1 Å². The molecule has 3 rings (SSSR count). The number of benzene rings is 1. The molecule has 1 aliphatic carbocycles. The third-order valence-corrected chi connectivity index (χ3v) is 5.41. The largest absolute Gasteiger partial charge is 0.393 e. The highest BCUT2D eigenvalue weighted by molar-refractivity contribution is 7.22. The highest BCUT2D eigenvalue weighted by atomic mass is 32.1. The van der Waals surface area contributed by atoms with E-state index in [0.717, 1.165) is 41.2 Å². The highest BCUT2D eigenvalue weighted by Gasteiger charge is 2.40. The summed E-state index contributed by atoms with van der Waals surface area (Å²) in [4.78, 5) is 4.50. The second-order valence-corrected chi connectivity index (χ2v) is 8.73. The number of aliphatic hydroxyl groups is 1. The molecule has 22 heavy (non-hydrogen) atoms. The fraction of sp³-hybridized carbons (Fsp3) is 0.588. The van der Waals surface area contributed by atoms with E-state index in [0.29, 0.717) is 0 Å². The zero-order valence-electron chi connectivity index (χ0n) is 13.3. The molecule has 0 saturated heterocycles. The normalized spacial score (nSPS) is 28.0. The lowest BCUT2D eigenvalue weighted by Gasteiger charge is -2.45. The lowest BCUT2D eigenvalue weighted by molar-refractivity contribution is -0.00317. The molecular formula is C17H23FN2OS. The second kappa shape index (κ2) is 5.46. The van der Waals surface area contributed by atoms with E-state index in [-0.39, 0.29) is 22.8 Å². The average molecular weight is 322 g/mol. The Balaban J connectivity index is 1.72. The molecule has 1 fully saturated rings. The minimum absolute atomic E-state index is 0.0459. The number of nitrogens with zero attached hydrogens (tertiary/aromatic N) is 1. The van der Waals surface area contributed by atoms with E-state index in [2.05, 4.69) is 31.1 Å². The quantitative estimate of drug-likeness (QED) is 0.879. The Morgan fingerprint density at radius 3 is 2.86 bits per heavy atom. The van der Waals surface area contributed by atoms with E-state index in [4.69, 9.17) is 0 Å². The van der Waals surface area contributed by atoms with Crippen molar-refractivity contribution in [2.75, 3.05) is 11.9 Å². The standard InChI is InChI=1S/C17H23FN2OS/c1-16(2)7-12(21)8-17(3,9-16)10-19-15-20-13-5-4-11(18)6-14(13)22-15/h4-6,12,21H,7-10H2,1-3H3,(H,19,20). The minimum atomic E-state index is -0.236. The summed E-state index contributed by atoms with van der Waals surface area (Å²) >= 11 is 1.47. The van der Waals surface area contributed by atoms with Gasteiger partial charge >= 0.3 is 0 Å². The summed E-state index contributed by atoms with van der Waals surface area (Å²) in [5.74, 6) is -0.230. The van der Waals surface area contributed by atoms with Crippen LogP contribution >= 0.6 is 11.3 Å². The van der Waals surface area contributed by atoms with Crippen molar-refractivity contribution in [3.63, 3.8) is 0 Å². The van der Waals surface area contributed by atoms with Crippen LogP contribution in [0, 0.1) is 16.6 Å². The fourth-order valence-electron chi connectivity index (χ4n) is 3.98. The van der Waals surface area contributed by atoms with E-state index < -0.39 is 0 Å². The van der Waals surface area contributed by atoms with Crippen molar-refractivity contribution >= 4 is 26.7 Å². The molecule has 1 aromatic carbocycles. The van der Waals surface area contributed by atoms with Crippen molar-refractivity contribution in [2.24, 2.45) is 10.8 Å². The first-order valence-electron chi connectivity index (χ1n) is 7.73. The summed E-state index contributed by atoms with van der Waals surface area (Å²) in [5, 5.41) is 14.4. The monoisotopic (exact) mass is 322 g/mol. The Bertz CT molecular complexity index is 684. The van der Waals surface area contributed by atoms with Gasteiger partial charge in [0.2, 0.25) is 0 Å². The van der Waals surface area contributed by atoms with Gasteiger partial charge in [0.15, 0.2) is 5.13 Å². The van der Waals surface area contributed by atoms with Crippen molar-refractivity contribution in [1.82, 2.24) is 4.98 Å². The van der Waals surface area contributed by atoms with Gasteiger partial charge < -0.3 is 10.4 Å². The molecule has 0 amide bonds. The summed E-state index contributed by atoms with van der Waals surface area (Å²) < 4.78 is 14.1. The van der Waals surface area contributed by atoms with Crippen molar-refractivity contribution in [3.8, 4) is 0 Å². The zero-order valence-corrected chi connectivity index (χ0v) is 14.1. The molecule has 1 aliphatic rings. The summed E-state index contributed by atoms with van der Waals surface area (Å²) in [5.41, 5.74) is 1.03. The molecule has 2 atom stereocenters. The number of anilines is 1. The number of hydrogen-bond acceptors (Lipinski definition) is 4. The predicted octanol–water partition coefficient (Wildman–Crippen LogP) is 4.42. The van der Waals surface area contributed by atoms with Gasteiger partial charge in [0, 0.05) is 6.54 Å². The molecule has 0 bridgehead atoms. The Kier molecular flexibility index (Phi) is 3.89. The summed E-state index contributed by atoms with van der Waals surface area (Å²) in [6, 6.07) is 4.67. The average Bonchev–Trinajstić information content (AvgIpc) is 2.75. The second-order valence-electron chi connectivity index (χ2n) is 7.70. The highest BCUT2D eigenvalue weighted by Crippen LogP contribution is 2.46. The van der Waals surface area contributed by atoms with Gasteiger partial charge in [-0.2, -0.15) is 0 Å². The number of fused-ring (bicyclic) bond motifs is 1. The van der Waals surface area contributed by atoms with Crippen LogP contribution < -0.4 is 5.32 Å². The van der Waals surface area contributed by atoms with Crippen LogP contribution in [0.15, 0.2) is 18.2 Å². The SMILES string of the molecule is CC1(C)CC(O)CC(C)(CNc2nc3ccc(F)cc3s2)C1. The van der Waals surface area contributed by atoms with Crippen LogP contribution in [0.3, 0.4) is 0 Å². The minimum Gasteiger partial charge on any atom is -0.393 e. The molecular weight excluding hydrogens is 299 g/mol. The van der Waals surface area contributed by atoms with E-state index in [1.807, 2.05) is 0 Å².